The number of Topliss-reactive ketones (excluding diaryl/α,β-unsaturated/α-hetero) is 1. The van der Waals surface area contributed by atoms with Crippen molar-refractivity contribution in [2.24, 2.45) is 5.92 Å². The van der Waals surface area contributed by atoms with Crippen LogP contribution in [0.25, 0.3) is 11.1 Å². The standard InChI is InChI=1S/C31H24O3/c1-21-16-17-24(21)29(32)20-22(30(33)34-2)18-19-31(23-10-4-3-5-11-23)27-14-8-6-12-25(27)26-13-7-9-15-28(26)31/h3-17,22H,20H2,1-2H3. The van der Waals surface area contributed by atoms with Crippen molar-refractivity contribution in [3.8, 4) is 23.0 Å². The van der Waals surface area contributed by atoms with Gasteiger partial charge in [0.1, 0.15) is 11.3 Å². The van der Waals surface area contributed by atoms with Crippen molar-refractivity contribution < 1.29 is 14.3 Å². The maximum absolute atomic E-state index is 12.8. The van der Waals surface area contributed by atoms with Gasteiger partial charge in [0.05, 0.1) is 7.11 Å². The molecule has 2 aliphatic carbocycles. The van der Waals surface area contributed by atoms with Crippen LogP contribution in [0.3, 0.4) is 0 Å². The molecule has 0 bridgehead atoms. The topological polar surface area (TPSA) is 43.4 Å². The number of ketones is 1. The highest BCUT2D eigenvalue weighted by Gasteiger charge is 2.43. The number of allylic oxidation sites excluding steroid dienone is 4. The quantitative estimate of drug-likeness (QED) is 0.378. The van der Waals surface area contributed by atoms with E-state index in [0.29, 0.717) is 5.57 Å². The molecule has 3 nitrogen and oxygen atoms in total. The Morgan fingerprint density at radius 2 is 1.44 bits per heavy atom. The van der Waals surface area contributed by atoms with E-state index in [1.165, 1.54) is 7.11 Å². The monoisotopic (exact) mass is 444 g/mol. The van der Waals surface area contributed by atoms with E-state index in [1.807, 2.05) is 55.5 Å². The van der Waals surface area contributed by atoms with E-state index in [2.05, 4.69) is 48.2 Å². The normalized spacial score (nSPS) is 15.4. The zero-order chi connectivity index (χ0) is 23.7. The van der Waals surface area contributed by atoms with Crippen molar-refractivity contribution in [1.29, 1.82) is 0 Å². The number of carbonyl (C=O) groups is 2. The van der Waals surface area contributed by atoms with Crippen LogP contribution < -0.4 is 0 Å². The Labute approximate surface area is 199 Å². The summed E-state index contributed by atoms with van der Waals surface area (Å²) in [5, 5.41) is 0. The molecule has 0 fully saturated rings. The molecule has 0 aromatic heterocycles. The molecule has 2 aliphatic rings. The minimum Gasteiger partial charge on any atom is -0.468 e. The molecule has 0 amide bonds. The van der Waals surface area contributed by atoms with E-state index in [-0.39, 0.29) is 12.2 Å². The third-order valence-corrected chi connectivity index (χ3v) is 6.69. The summed E-state index contributed by atoms with van der Waals surface area (Å²) in [6, 6.07) is 26.6. The van der Waals surface area contributed by atoms with Crippen LogP contribution in [0.2, 0.25) is 0 Å². The van der Waals surface area contributed by atoms with E-state index >= 15 is 0 Å². The molecule has 0 spiro atoms. The van der Waals surface area contributed by atoms with Gasteiger partial charge in [-0.25, -0.2) is 0 Å². The highest BCUT2D eigenvalue weighted by atomic mass is 16.5. The highest BCUT2D eigenvalue weighted by Crippen LogP contribution is 2.52. The number of ether oxygens (including phenoxy) is 1. The van der Waals surface area contributed by atoms with Crippen LogP contribution in [0.15, 0.2) is 102 Å². The van der Waals surface area contributed by atoms with Crippen LogP contribution in [0.1, 0.15) is 30.0 Å². The Balaban J connectivity index is 1.68. The Morgan fingerprint density at radius 3 is 1.97 bits per heavy atom. The van der Waals surface area contributed by atoms with Gasteiger partial charge in [-0.1, -0.05) is 103 Å². The SMILES string of the molecule is COC(=O)C(C#CC1(c2ccccc2)c2ccccc2-c2ccccc21)CC(=O)C1=C(C)C=C1. The minimum absolute atomic E-state index is 0.00908. The van der Waals surface area contributed by atoms with Crippen LogP contribution in [0.4, 0.5) is 0 Å². The number of rotatable bonds is 5. The number of hydrogen-bond acceptors (Lipinski definition) is 3. The molecular formula is C31H24O3. The van der Waals surface area contributed by atoms with Crippen LogP contribution in [0, 0.1) is 17.8 Å². The van der Waals surface area contributed by atoms with Crippen molar-refractivity contribution in [2.75, 3.05) is 7.11 Å². The number of esters is 1. The van der Waals surface area contributed by atoms with Gasteiger partial charge < -0.3 is 4.74 Å². The van der Waals surface area contributed by atoms with Crippen molar-refractivity contribution in [3.05, 3.63) is 119 Å². The van der Waals surface area contributed by atoms with Gasteiger partial charge >= 0.3 is 5.97 Å². The maximum Gasteiger partial charge on any atom is 0.321 e. The Bertz CT molecular complexity index is 1370. The lowest BCUT2D eigenvalue weighted by Crippen LogP contribution is -2.26. The predicted octanol–water partition coefficient (Wildman–Crippen LogP) is 5.64. The fourth-order valence-electron chi connectivity index (χ4n) is 4.91. The van der Waals surface area contributed by atoms with Gasteiger partial charge in [-0.15, -0.1) is 0 Å². The van der Waals surface area contributed by atoms with E-state index in [1.54, 1.807) is 6.08 Å². The van der Waals surface area contributed by atoms with Crippen LogP contribution in [-0.4, -0.2) is 18.9 Å². The van der Waals surface area contributed by atoms with Gasteiger partial charge in [0.2, 0.25) is 0 Å². The second-order valence-corrected chi connectivity index (χ2v) is 8.61. The third-order valence-electron chi connectivity index (χ3n) is 6.69. The molecule has 3 aromatic rings. The van der Waals surface area contributed by atoms with Crippen LogP contribution >= 0.6 is 0 Å². The van der Waals surface area contributed by atoms with Crippen molar-refractivity contribution in [1.82, 2.24) is 0 Å². The van der Waals surface area contributed by atoms with Gasteiger partial charge in [-0.05, 0) is 40.3 Å². The molecule has 0 aliphatic heterocycles. The molecule has 0 saturated carbocycles. The first kappa shape index (κ1) is 21.7. The summed E-state index contributed by atoms with van der Waals surface area (Å²) >= 11 is 0. The first-order chi connectivity index (χ1) is 16.6. The molecule has 166 valence electrons. The molecule has 0 N–H and O–H groups in total. The fraction of sp³-hybridized carbons (Fsp3) is 0.161. The summed E-state index contributed by atoms with van der Waals surface area (Å²) in [5.74, 6) is 5.24. The van der Waals surface area contributed by atoms with Gasteiger partial charge in [-0.2, -0.15) is 0 Å². The Hall–Kier alpha value is -4.16. The summed E-state index contributed by atoms with van der Waals surface area (Å²) < 4.78 is 5.04. The Morgan fingerprint density at radius 1 is 0.853 bits per heavy atom. The average Bonchev–Trinajstić information content (AvgIpc) is 3.16. The van der Waals surface area contributed by atoms with E-state index in [4.69, 9.17) is 4.74 Å². The second kappa shape index (κ2) is 8.65. The lowest BCUT2D eigenvalue weighted by atomic mass is 9.72. The van der Waals surface area contributed by atoms with Crippen molar-refractivity contribution in [3.63, 3.8) is 0 Å². The zero-order valence-electron chi connectivity index (χ0n) is 19.2. The average molecular weight is 445 g/mol. The minimum atomic E-state index is -0.854. The largest absolute Gasteiger partial charge is 0.468 e. The first-order valence-corrected chi connectivity index (χ1v) is 11.3. The number of carbonyl (C=O) groups excluding carboxylic acids is 2. The van der Waals surface area contributed by atoms with Gasteiger partial charge in [0, 0.05) is 12.0 Å². The predicted molar refractivity (Wildman–Crippen MR) is 133 cm³/mol. The molecular weight excluding hydrogens is 420 g/mol. The van der Waals surface area contributed by atoms with Crippen LogP contribution in [-0.2, 0) is 19.7 Å². The summed E-state index contributed by atoms with van der Waals surface area (Å²) in [5.41, 5.74) is 6.26. The molecule has 0 saturated heterocycles. The first-order valence-electron chi connectivity index (χ1n) is 11.3. The summed E-state index contributed by atoms with van der Waals surface area (Å²) in [4.78, 5) is 25.5. The third kappa shape index (κ3) is 3.40. The van der Waals surface area contributed by atoms with Crippen LogP contribution in [0.5, 0.6) is 0 Å². The van der Waals surface area contributed by atoms with Gasteiger partial charge in [0.25, 0.3) is 0 Å². The van der Waals surface area contributed by atoms with E-state index in [0.717, 1.165) is 33.4 Å². The lowest BCUT2D eigenvalue weighted by Gasteiger charge is -2.27. The number of fused-ring (bicyclic) bond motifs is 3. The molecule has 0 heterocycles. The molecule has 1 atom stereocenters. The summed E-state index contributed by atoms with van der Waals surface area (Å²) in [7, 11) is 1.34. The molecule has 5 rings (SSSR count). The zero-order valence-corrected chi connectivity index (χ0v) is 19.2. The Kier molecular flexibility index (Phi) is 5.51. The highest BCUT2D eigenvalue weighted by molar-refractivity contribution is 6.03. The molecule has 34 heavy (non-hydrogen) atoms. The van der Waals surface area contributed by atoms with Crippen molar-refractivity contribution >= 4 is 11.8 Å². The number of hydrogen-bond donors (Lipinski definition) is 0. The lowest BCUT2D eigenvalue weighted by molar-refractivity contribution is -0.144. The number of benzene rings is 3. The van der Waals surface area contributed by atoms with E-state index < -0.39 is 17.3 Å². The molecule has 1 unspecified atom stereocenters. The van der Waals surface area contributed by atoms with E-state index in [9.17, 15) is 9.59 Å². The summed E-state index contributed by atoms with van der Waals surface area (Å²) in [6.45, 7) is 1.89. The number of methoxy groups -OCH3 is 1. The van der Waals surface area contributed by atoms with Gasteiger partial charge in [-0.3, -0.25) is 9.59 Å². The molecule has 3 aromatic carbocycles. The molecule has 3 heteroatoms. The molecule has 0 radical (unpaired) electrons. The van der Waals surface area contributed by atoms with Crippen molar-refractivity contribution in [2.45, 2.75) is 18.8 Å². The maximum atomic E-state index is 12.8. The summed E-state index contributed by atoms with van der Waals surface area (Å²) in [6.07, 6.45) is 3.67. The smallest absolute Gasteiger partial charge is 0.321 e. The fourth-order valence-corrected chi connectivity index (χ4v) is 4.91. The second-order valence-electron chi connectivity index (χ2n) is 8.61. The van der Waals surface area contributed by atoms with Gasteiger partial charge in [0.15, 0.2) is 5.78 Å².